The second-order valence-corrected chi connectivity index (χ2v) is 36.8. The summed E-state index contributed by atoms with van der Waals surface area (Å²) in [5, 5.41) is 20.8. The number of unbranched alkanes of at least 4 members (excludes halogenated alkanes) is 39. The van der Waals surface area contributed by atoms with E-state index in [0.717, 1.165) is 186 Å². The van der Waals surface area contributed by atoms with Gasteiger partial charge in [0.1, 0.15) is 25.4 Å². The van der Waals surface area contributed by atoms with E-state index in [1.54, 1.807) is 0 Å². The molecule has 0 aromatic rings. The van der Waals surface area contributed by atoms with Gasteiger partial charge in [-0.05, 0) is 167 Å². The van der Waals surface area contributed by atoms with Crippen LogP contribution < -0.4 is 0 Å². The van der Waals surface area contributed by atoms with Crippen molar-refractivity contribution >= 4 is 33.6 Å². The number of rotatable bonds is 96. The zero-order valence-electron chi connectivity index (χ0n) is 81.5. The van der Waals surface area contributed by atoms with Crippen LogP contribution in [0.15, 0.2) is 207 Å². The lowest BCUT2D eigenvalue weighted by Crippen LogP contribution is -2.30. The second-order valence-electron chi connectivity index (χ2n) is 33.8. The summed E-state index contributed by atoms with van der Waals surface area (Å²) in [6.07, 6.45) is 137. The largest absolute Gasteiger partial charge is 0.472 e. The minimum Gasteiger partial charge on any atom is -0.463 e. The highest BCUT2D eigenvalue weighted by Gasteiger charge is 2.30. The van der Waals surface area contributed by atoms with Gasteiger partial charge in [0.25, 0.3) is 0 Å². The van der Waals surface area contributed by atoms with Gasteiger partial charge in [-0.25, -0.2) is 9.13 Å². The molecular formula is C111H186O16P2. The van der Waals surface area contributed by atoms with Gasteiger partial charge >= 0.3 is 33.6 Å². The van der Waals surface area contributed by atoms with Crippen LogP contribution in [0.5, 0.6) is 0 Å². The number of allylic oxidation sites excluding steroid dienone is 34. The topological polar surface area (TPSA) is 231 Å². The van der Waals surface area contributed by atoms with Crippen LogP contribution in [-0.2, 0) is 55.8 Å². The maximum atomic E-state index is 13.1. The zero-order chi connectivity index (χ0) is 93.5. The molecule has 0 spiro atoms. The van der Waals surface area contributed by atoms with Gasteiger partial charge in [-0.1, -0.05) is 439 Å². The Labute approximate surface area is 788 Å². The van der Waals surface area contributed by atoms with E-state index in [1.807, 2.05) is 0 Å². The standard InChI is InChI=1S/C111H186O16P2/c1-4-7-10-13-16-19-22-25-28-31-34-37-40-43-45-47-49-51-52-54-56-57-59-62-64-67-70-73-76-79-82-85-88-91-94-97-109(114)121-100-106(112)101-123-128(117,118)124-102-107(113)103-125-129(119,120)126-105-108(127-111(116)99-96-93-90-87-84-81-78-75-72-69-66-61-42-39-36-33-30-27-24-21-18-15-12-9-6-3)104-122-110(115)98-95-92-89-86-83-80-77-74-71-68-65-63-60-58-55-53-50-48-46-44-41-38-35-32-29-26-23-20-17-14-11-8-5-2/h7-12,16-21,25-30,34-39,43-46,49,51,61,66,72,75,106-108,112-113H,4-6,13-15,22-24,31-33,40-42,47-48,50,52-60,62-65,67-71,73-74,76-105H2,1-3H3,(H,117,118)(H,119,120)/b10-7-,11-8-,12-9-,19-16-,20-17-,21-18-,28-25-,29-26-,30-27-,37-34-,38-35-,39-36-,45-43-,46-44-,51-49-,66-61-,75-72-. The van der Waals surface area contributed by atoms with E-state index >= 15 is 0 Å². The van der Waals surface area contributed by atoms with Gasteiger partial charge in [0.15, 0.2) is 6.10 Å². The number of esters is 3. The Balaban J connectivity index is 4.59. The number of ether oxygens (including phenoxy) is 3. The molecule has 736 valence electrons. The van der Waals surface area contributed by atoms with E-state index < -0.39 is 91.5 Å². The van der Waals surface area contributed by atoms with E-state index in [-0.39, 0.29) is 19.3 Å². The second kappa shape index (κ2) is 101. The summed E-state index contributed by atoms with van der Waals surface area (Å²) in [7, 11) is -9.83. The third-order valence-corrected chi connectivity index (χ3v) is 23.4. The number of hydrogen-bond donors (Lipinski definition) is 4. The van der Waals surface area contributed by atoms with Crippen molar-refractivity contribution in [3.05, 3.63) is 207 Å². The van der Waals surface area contributed by atoms with Crippen LogP contribution in [0, 0.1) is 0 Å². The van der Waals surface area contributed by atoms with Crippen LogP contribution in [0.2, 0.25) is 0 Å². The van der Waals surface area contributed by atoms with Gasteiger partial charge < -0.3 is 34.2 Å². The highest BCUT2D eigenvalue weighted by molar-refractivity contribution is 7.47. The Morgan fingerprint density at radius 2 is 0.388 bits per heavy atom. The first-order chi connectivity index (χ1) is 63.2. The molecular weight excluding hydrogens is 1650 g/mol. The molecule has 0 bridgehead atoms. The molecule has 4 N–H and O–H groups in total. The molecule has 5 unspecified atom stereocenters. The predicted octanol–water partition coefficient (Wildman–Crippen LogP) is 32.7. The molecule has 0 aromatic heterocycles. The van der Waals surface area contributed by atoms with Crippen molar-refractivity contribution < 1.29 is 75.8 Å². The summed E-state index contributed by atoms with van der Waals surface area (Å²) >= 11 is 0. The molecule has 0 radical (unpaired) electrons. The van der Waals surface area contributed by atoms with Crippen LogP contribution in [-0.4, -0.2) is 95.9 Å². The van der Waals surface area contributed by atoms with Crippen LogP contribution >= 0.6 is 15.6 Å². The van der Waals surface area contributed by atoms with E-state index in [1.165, 1.54) is 173 Å². The van der Waals surface area contributed by atoms with Gasteiger partial charge in [-0.2, -0.15) is 0 Å². The predicted molar refractivity (Wildman–Crippen MR) is 546 cm³/mol. The molecule has 0 fully saturated rings. The molecule has 0 amide bonds. The number of carbonyl (C=O) groups is 3. The fraction of sp³-hybridized carbons (Fsp3) is 0.667. The van der Waals surface area contributed by atoms with E-state index in [9.17, 15) is 43.5 Å². The average Bonchev–Trinajstić information content (AvgIpc) is 0.895. The first-order valence-corrected chi connectivity index (χ1v) is 54.4. The minimum atomic E-state index is -4.96. The smallest absolute Gasteiger partial charge is 0.463 e. The third-order valence-electron chi connectivity index (χ3n) is 21.5. The summed E-state index contributed by atoms with van der Waals surface area (Å²) < 4.78 is 61.7. The summed E-state index contributed by atoms with van der Waals surface area (Å²) in [5.41, 5.74) is 0. The van der Waals surface area contributed by atoms with Crippen molar-refractivity contribution in [2.75, 3.05) is 39.6 Å². The maximum absolute atomic E-state index is 13.1. The first-order valence-electron chi connectivity index (χ1n) is 51.4. The normalized spacial score (nSPS) is 14.5. The van der Waals surface area contributed by atoms with Crippen molar-refractivity contribution in [2.24, 2.45) is 0 Å². The Kier molecular flexibility index (Phi) is 96.5. The Hall–Kier alpha value is -5.87. The number of carbonyl (C=O) groups excluding carboxylic acids is 3. The monoisotopic (exact) mass is 1840 g/mol. The molecule has 0 aliphatic carbocycles. The Bertz CT molecular complexity index is 3180. The molecule has 5 atom stereocenters. The molecule has 0 heterocycles. The summed E-state index contributed by atoms with van der Waals surface area (Å²) in [4.78, 5) is 59.2. The van der Waals surface area contributed by atoms with Crippen molar-refractivity contribution in [3.8, 4) is 0 Å². The Morgan fingerprint density at radius 1 is 0.217 bits per heavy atom. The number of aliphatic hydroxyl groups is 2. The Morgan fingerprint density at radius 3 is 0.612 bits per heavy atom. The van der Waals surface area contributed by atoms with Crippen LogP contribution in [0.1, 0.15) is 419 Å². The van der Waals surface area contributed by atoms with Crippen LogP contribution in [0.3, 0.4) is 0 Å². The van der Waals surface area contributed by atoms with Gasteiger partial charge in [-0.3, -0.25) is 32.5 Å². The van der Waals surface area contributed by atoms with Crippen molar-refractivity contribution in [1.82, 2.24) is 0 Å². The minimum absolute atomic E-state index is 0.0825. The number of aliphatic hydroxyl groups excluding tert-OH is 2. The first kappa shape index (κ1) is 123. The van der Waals surface area contributed by atoms with Gasteiger partial charge in [0.2, 0.25) is 0 Å². The number of hydrogen-bond acceptors (Lipinski definition) is 14. The van der Waals surface area contributed by atoms with Crippen LogP contribution in [0.25, 0.3) is 0 Å². The lowest BCUT2D eigenvalue weighted by Gasteiger charge is -2.21. The zero-order valence-corrected chi connectivity index (χ0v) is 83.3. The molecule has 129 heavy (non-hydrogen) atoms. The fourth-order valence-electron chi connectivity index (χ4n) is 13.8. The quantitative estimate of drug-likeness (QED) is 0.0146. The van der Waals surface area contributed by atoms with Crippen molar-refractivity contribution in [1.29, 1.82) is 0 Å². The number of phosphoric ester groups is 2. The summed E-state index contributed by atoms with van der Waals surface area (Å²) in [6, 6.07) is 0. The van der Waals surface area contributed by atoms with Gasteiger partial charge in [0, 0.05) is 19.3 Å². The lowest BCUT2D eigenvalue weighted by atomic mass is 10.0. The highest BCUT2D eigenvalue weighted by atomic mass is 31.2. The molecule has 0 aliphatic heterocycles. The molecule has 0 aliphatic rings. The van der Waals surface area contributed by atoms with E-state index in [0.29, 0.717) is 19.3 Å². The van der Waals surface area contributed by atoms with Crippen molar-refractivity contribution in [2.45, 2.75) is 437 Å². The average molecular weight is 1840 g/mol. The molecule has 0 aromatic carbocycles. The SMILES string of the molecule is CC/C=C\C/C=C\C/C=C\C/C=C\C/C=C\C/C=C\CCCCCCCCCCCCCCCCCCC(=O)OCC(O)COP(=O)(O)OCC(O)COP(=O)(O)OCC(COC(=O)CCCCCCCCCCCCCCCCCCC/C=C\C/C=C\C/C=C\C/C=C\C/C=C\CC)OC(=O)CCCCCCCC/C=C\C/C=C\C/C=C\C/C=C\C/C=C\C/C=C\CC. The van der Waals surface area contributed by atoms with Crippen molar-refractivity contribution in [3.63, 3.8) is 0 Å². The van der Waals surface area contributed by atoms with Crippen LogP contribution in [0.4, 0.5) is 0 Å². The maximum Gasteiger partial charge on any atom is 0.472 e. The van der Waals surface area contributed by atoms with E-state index in [4.69, 9.17) is 32.3 Å². The van der Waals surface area contributed by atoms with E-state index in [2.05, 4.69) is 227 Å². The molecule has 16 nitrogen and oxygen atoms in total. The van der Waals surface area contributed by atoms with Gasteiger partial charge in [-0.15, -0.1) is 0 Å². The molecule has 18 heteroatoms. The summed E-state index contributed by atoms with van der Waals surface area (Å²) in [6.45, 7) is 2.38. The van der Waals surface area contributed by atoms with Gasteiger partial charge in [0.05, 0.1) is 26.4 Å². The molecule has 0 saturated heterocycles. The highest BCUT2D eigenvalue weighted by Crippen LogP contribution is 2.45. The third kappa shape index (κ3) is 102. The molecule has 0 rings (SSSR count). The lowest BCUT2D eigenvalue weighted by molar-refractivity contribution is -0.161. The number of phosphoric acid groups is 2. The molecule has 0 saturated carbocycles. The summed E-state index contributed by atoms with van der Waals surface area (Å²) in [5.74, 6) is -1.58. The fourth-order valence-corrected chi connectivity index (χ4v) is 15.4.